The highest BCUT2D eigenvalue weighted by Crippen LogP contribution is 2.15. The first-order valence-electron chi connectivity index (χ1n) is 6.48. The summed E-state index contributed by atoms with van der Waals surface area (Å²) < 4.78 is 28.3. The lowest BCUT2D eigenvalue weighted by Crippen LogP contribution is -2.38. The number of carbonyl (C=O) groups excluding carboxylic acids is 1. The van der Waals surface area contributed by atoms with Gasteiger partial charge in [0.2, 0.25) is 15.9 Å². The van der Waals surface area contributed by atoms with E-state index in [9.17, 15) is 13.2 Å². The Morgan fingerprint density at radius 3 is 2.75 bits per heavy atom. The maximum atomic E-state index is 11.9. The minimum absolute atomic E-state index is 0.0323. The smallest absolute Gasteiger partial charge is 0.249 e. The first kappa shape index (κ1) is 15.0. The van der Waals surface area contributed by atoms with Crippen molar-refractivity contribution < 1.29 is 17.9 Å². The van der Waals surface area contributed by atoms with Crippen molar-refractivity contribution in [3.8, 4) is 0 Å². The van der Waals surface area contributed by atoms with Crippen molar-refractivity contribution in [3.63, 3.8) is 0 Å². The maximum Gasteiger partial charge on any atom is 0.249 e. The molecule has 1 aliphatic heterocycles. The monoisotopic (exact) mass is 298 g/mol. The first-order chi connectivity index (χ1) is 9.48. The zero-order chi connectivity index (χ0) is 14.6. The summed E-state index contributed by atoms with van der Waals surface area (Å²) in [6, 6.07) is 6.35. The van der Waals surface area contributed by atoms with Crippen LogP contribution in [0.3, 0.4) is 0 Å². The van der Waals surface area contributed by atoms with Gasteiger partial charge in [0.05, 0.1) is 4.90 Å². The molecular weight excluding hydrogens is 280 g/mol. The average Bonchev–Trinajstić information content (AvgIpc) is 2.45. The van der Waals surface area contributed by atoms with Crippen LogP contribution in [0.1, 0.15) is 24.8 Å². The molecule has 0 saturated carbocycles. The molecule has 110 valence electrons. The second-order valence-electron chi connectivity index (χ2n) is 4.73. The van der Waals surface area contributed by atoms with Crippen molar-refractivity contribution in [1.29, 1.82) is 0 Å². The average molecular weight is 298 g/mol. The van der Waals surface area contributed by atoms with Crippen LogP contribution in [0.25, 0.3) is 0 Å². The van der Waals surface area contributed by atoms with Gasteiger partial charge in [0, 0.05) is 13.2 Å². The maximum absolute atomic E-state index is 11.9. The SMILES string of the molecule is NS(=O)(=O)c1ccccc1CNC(=O)[C@H]1CCCCO1. The highest BCUT2D eigenvalue weighted by molar-refractivity contribution is 7.89. The Kier molecular flexibility index (Phi) is 4.74. The number of hydrogen-bond donors (Lipinski definition) is 2. The van der Waals surface area contributed by atoms with Gasteiger partial charge < -0.3 is 10.1 Å². The molecule has 0 aliphatic carbocycles. The molecule has 0 unspecified atom stereocenters. The second kappa shape index (κ2) is 6.34. The quantitative estimate of drug-likeness (QED) is 0.846. The number of amides is 1. The van der Waals surface area contributed by atoms with Crippen LogP contribution in [0.5, 0.6) is 0 Å². The van der Waals surface area contributed by atoms with Gasteiger partial charge >= 0.3 is 0 Å². The van der Waals surface area contributed by atoms with Gasteiger partial charge in [-0.1, -0.05) is 18.2 Å². The van der Waals surface area contributed by atoms with Crippen molar-refractivity contribution in [2.45, 2.75) is 36.8 Å². The summed E-state index contributed by atoms with van der Waals surface area (Å²) in [7, 11) is -3.79. The Bertz CT molecular complexity index is 580. The zero-order valence-electron chi connectivity index (χ0n) is 11.0. The number of rotatable bonds is 4. The number of nitrogens with two attached hydrogens (primary N) is 1. The van der Waals surface area contributed by atoms with Gasteiger partial charge in [-0.2, -0.15) is 0 Å². The molecule has 1 atom stereocenters. The molecule has 2 rings (SSSR count). The third-order valence-corrected chi connectivity index (χ3v) is 4.22. The zero-order valence-corrected chi connectivity index (χ0v) is 11.9. The molecule has 1 heterocycles. The highest BCUT2D eigenvalue weighted by Gasteiger charge is 2.22. The van der Waals surface area contributed by atoms with Crippen molar-refractivity contribution >= 4 is 15.9 Å². The first-order valence-corrected chi connectivity index (χ1v) is 8.03. The fourth-order valence-electron chi connectivity index (χ4n) is 2.17. The van der Waals surface area contributed by atoms with E-state index in [1.54, 1.807) is 18.2 Å². The van der Waals surface area contributed by atoms with Gasteiger partial charge in [-0.15, -0.1) is 0 Å². The predicted octanol–water partition coefficient (Wildman–Crippen LogP) is 0.519. The fourth-order valence-corrected chi connectivity index (χ4v) is 2.95. The Morgan fingerprint density at radius 1 is 1.35 bits per heavy atom. The summed E-state index contributed by atoms with van der Waals surface area (Å²) in [6.07, 6.45) is 2.19. The topological polar surface area (TPSA) is 98.5 Å². The third kappa shape index (κ3) is 3.78. The number of nitrogens with one attached hydrogen (secondary N) is 1. The van der Waals surface area contributed by atoms with Crippen LogP contribution in [0, 0.1) is 0 Å². The molecule has 1 aliphatic rings. The van der Waals surface area contributed by atoms with Crippen LogP contribution in [-0.2, 0) is 26.1 Å². The Morgan fingerprint density at radius 2 is 2.10 bits per heavy atom. The van der Waals surface area contributed by atoms with E-state index in [0.717, 1.165) is 12.8 Å². The minimum Gasteiger partial charge on any atom is -0.368 e. The van der Waals surface area contributed by atoms with E-state index in [4.69, 9.17) is 9.88 Å². The van der Waals surface area contributed by atoms with Gasteiger partial charge in [-0.05, 0) is 30.9 Å². The molecule has 1 aromatic rings. The van der Waals surface area contributed by atoms with E-state index in [-0.39, 0.29) is 17.3 Å². The van der Waals surface area contributed by atoms with Gasteiger partial charge in [-0.25, -0.2) is 13.6 Å². The summed E-state index contributed by atoms with van der Waals surface area (Å²) in [5, 5.41) is 7.84. The van der Waals surface area contributed by atoms with Crippen molar-refractivity contribution in [1.82, 2.24) is 5.32 Å². The summed E-state index contributed by atoms with van der Waals surface area (Å²) in [4.78, 5) is 11.9. The molecule has 0 aromatic heterocycles. The Hall–Kier alpha value is -1.44. The van der Waals surface area contributed by atoms with Gasteiger partial charge in [0.25, 0.3) is 0 Å². The van der Waals surface area contributed by atoms with Crippen molar-refractivity contribution in [2.24, 2.45) is 5.14 Å². The van der Waals surface area contributed by atoms with Crippen LogP contribution in [-0.4, -0.2) is 27.0 Å². The fraction of sp³-hybridized carbons (Fsp3) is 0.462. The number of primary sulfonamides is 1. The molecule has 20 heavy (non-hydrogen) atoms. The molecule has 0 spiro atoms. The van der Waals surface area contributed by atoms with E-state index in [1.807, 2.05) is 0 Å². The van der Waals surface area contributed by atoms with E-state index in [2.05, 4.69) is 5.32 Å². The normalized spacial score (nSPS) is 19.6. The lowest BCUT2D eigenvalue weighted by atomic mass is 10.1. The molecule has 1 saturated heterocycles. The molecule has 3 N–H and O–H groups in total. The molecule has 1 amide bonds. The molecule has 7 heteroatoms. The van der Waals surface area contributed by atoms with E-state index >= 15 is 0 Å². The number of carbonyl (C=O) groups is 1. The number of hydrogen-bond acceptors (Lipinski definition) is 4. The van der Waals surface area contributed by atoms with E-state index in [0.29, 0.717) is 18.6 Å². The van der Waals surface area contributed by atoms with Gasteiger partial charge in [0.15, 0.2) is 0 Å². The predicted molar refractivity (Wildman–Crippen MR) is 73.3 cm³/mol. The standard InChI is InChI=1S/C13H18N2O4S/c14-20(17,18)12-7-2-1-5-10(12)9-15-13(16)11-6-3-4-8-19-11/h1-2,5,7,11H,3-4,6,8-9H2,(H,15,16)(H2,14,17,18)/t11-/m1/s1. The molecule has 1 aromatic carbocycles. The molecule has 6 nitrogen and oxygen atoms in total. The lowest BCUT2D eigenvalue weighted by Gasteiger charge is -2.21. The minimum atomic E-state index is -3.79. The summed E-state index contributed by atoms with van der Waals surface area (Å²) >= 11 is 0. The summed E-state index contributed by atoms with van der Waals surface area (Å²) in [5.74, 6) is -0.214. The number of sulfonamides is 1. The van der Waals surface area contributed by atoms with Crippen molar-refractivity contribution in [2.75, 3.05) is 6.61 Å². The summed E-state index contributed by atoms with van der Waals surface area (Å²) in [6.45, 7) is 0.706. The van der Waals surface area contributed by atoms with Crippen LogP contribution in [0.4, 0.5) is 0 Å². The van der Waals surface area contributed by atoms with Crippen molar-refractivity contribution in [3.05, 3.63) is 29.8 Å². The lowest BCUT2D eigenvalue weighted by molar-refractivity contribution is -0.135. The van der Waals surface area contributed by atoms with Crippen LogP contribution < -0.4 is 10.5 Å². The van der Waals surface area contributed by atoms with Crippen LogP contribution >= 0.6 is 0 Å². The molecule has 0 radical (unpaired) electrons. The van der Waals surface area contributed by atoms with E-state index < -0.39 is 16.1 Å². The number of ether oxygens (including phenoxy) is 1. The van der Waals surface area contributed by atoms with Crippen LogP contribution in [0.2, 0.25) is 0 Å². The number of benzene rings is 1. The Labute approximate surface area is 118 Å². The molecule has 1 fully saturated rings. The summed E-state index contributed by atoms with van der Waals surface area (Å²) in [5.41, 5.74) is 0.471. The van der Waals surface area contributed by atoms with Gasteiger partial charge in [0.1, 0.15) is 6.10 Å². The van der Waals surface area contributed by atoms with Crippen LogP contribution in [0.15, 0.2) is 29.2 Å². The largest absolute Gasteiger partial charge is 0.368 e. The van der Waals surface area contributed by atoms with Gasteiger partial charge in [-0.3, -0.25) is 4.79 Å². The molecular formula is C13H18N2O4S. The Balaban J connectivity index is 2.02. The highest BCUT2D eigenvalue weighted by atomic mass is 32.2. The molecule has 0 bridgehead atoms. The third-order valence-electron chi connectivity index (χ3n) is 3.20. The van der Waals surface area contributed by atoms with E-state index in [1.165, 1.54) is 6.07 Å². The second-order valence-corrected chi connectivity index (χ2v) is 6.26.